The third-order valence-corrected chi connectivity index (χ3v) is 14.3. The predicted molar refractivity (Wildman–Crippen MR) is 198 cm³/mol. The molecular formula is C44H78O2. The third-order valence-electron chi connectivity index (χ3n) is 14.3. The second kappa shape index (κ2) is 18.8. The SMILES string of the molecule is CCCCCCCCCCCCCCCC(=O)OC1CCC2(C)C(=CCC3C4CC[C@H](C(C)CCCCC(C)C)C4(C)CC[C@@H]32)C1. The molecule has 0 amide bonds. The van der Waals surface area contributed by atoms with E-state index in [2.05, 4.69) is 47.6 Å². The van der Waals surface area contributed by atoms with E-state index in [0.29, 0.717) is 17.3 Å². The zero-order valence-electron chi connectivity index (χ0n) is 31.8. The minimum Gasteiger partial charge on any atom is -0.462 e. The molecule has 0 aromatic carbocycles. The molecular weight excluding hydrogens is 560 g/mol. The van der Waals surface area contributed by atoms with Gasteiger partial charge in [-0.3, -0.25) is 4.79 Å². The standard InChI is InChI=1S/C44H78O2/c1-7-8-9-10-11-12-13-14-15-16-17-18-19-24-42(45)46-37-29-31-43(5)36(33-37)25-26-38-40-28-27-39(44(40,6)32-30-41(38)43)35(4)23-21-20-22-34(2)3/h25,34-35,37-41H,7-24,26-33H2,1-6H3/t35?,37?,38?,39-,40?,41+,43?,44?/m1/s1. The number of fused-ring (bicyclic) bond motifs is 5. The van der Waals surface area contributed by atoms with Crippen LogP contribution in [0.5, 0.6) is 0 Å². The average Bonchev–Trinajstić information content (AvgIpc) is 3.39. The van der Waals surface area contributed by atoms with Crippen molar-refractivity contribution in [3.8, 4) is 0 Å². The van der Waals surface area contributed by atoms with Crippen LogP contribution in [0.3, 0.4) is 0 Å². The van der Waals surface area contributed by atoms with E-state index >= 15 is 0 Å². The molecule has 3 fully saturated rings. The van der Waals surface area contributed by atoms with Gasteiger partial charge in [0, 0.05) is 12.8 Å². The fourth-order valence-electron chi connectivity index (χ4n) is 11.5. The van der Waals surface area contributed by atoms with Crippen molar-refractivity contribution in [3.63, 3.8) is 0 Å². The van der Waals surface area contributed by atoms with Gasteiger partial charge in [0.25, 0.3) is 0 Å². The summed E-state index contributed by atoms with van der Waals surface area (Å²) < 4.78 is 6.13. The molecule has 266 valence electrons. The fourth-order valence-corrected chi connectivity index (χ4v) is 11.5. The van der Waals surface area contributed by atoms with Crippen LogP contribution in [0, 0.1) is 46.3 Å². The maximum absolute atomic E-state index is 12.8. The minimum atomic E-state index is 0.0646. The second-order valence-corrected chi connectivity index (χ2v) is 18.0. The summed E-state index contributed by atoms with van der Waals surface area (Å²) >= 11 is 0. The van der Waals surface area contributed by atoms with Gasteiger partial charge in [-0.15, -0.1) is 0 Å². The summed E-state index contributed by atoms with van der Waals surface area (Å²) in [5.74, 6) is 5.36. The van der Waals surface area contributed by atoms with Gasteiger partial charge in [0.05, 0.1) is 0 Å². The Morgan fingerprint density at radius 1 is 0.761 bits per heavy atom. The van der Waals surface area contributed by atoms with E-state index in [9.17, 15) is 4.79 Å². The molecule has 6 unspecified atom stereocenters. The molecule has 0 radical (unpaired) electrons. The molecule has 0 aliphatic heterocycles. The summed E-state index contributed by atoms with van der Waals surface area (Å²) in [6.45, 7) is 15.0. The first-order valence-electron chi connectivity index (χ1n) is 21.1. The Labute approximate surface area is 287 Å². The van der Waals surface area contributed by atoms with E-state index < -0.39 is 0 Å². The molecule has 0 aromatic heterocycles. The summed E-state index contributed by atoms with van der Waals surface area (Å²) in [4.78, 5) is 12.8. The Kier molecular flexibility index (Phi) is 15.6. The highest BCUT2D eigenvalue weighted by atomic mass is 16.5. The highest BCUT2D eigenvalue weighted by Gasteiger charge is 2.59. The Bertz CT molecular complexity index is 919. The first kappa shape index (κ1) is 38.0. The summed E-state index contributed by atoms with van der Waals surface area (Å²) in [6, 6.07) is 0. The molecule has 0 spiro atoms. The van der Waals surface area contributed by atoms with Gasteiger partial charge in [0.1, 0.15) is 6.10 Å². The van der Waals surface area contributed by atoms with Gasteiger partial charge >= 0.3 is 5.97 Å². The third kappa shape index (κ3) is 10.1. The number of rotatable bonds is 21. The first-order valence-corrected chi connectivity index (χ1v) is 21.1. The zero-order valence-corrected chi connectivity index (χ0v) is 31.8. The topological polar surface area (TPSA) is 26.3 Å². The molecule has 3 saturated carbocycles. The lowest BCUT2D eigenvalue weighted by molar-refractivity contribution is -0.151. The van der Waals surface area contributed by atoms with Crippen molar-refractivity contribution in [2.45, 2.75) is 215 Å². The normalized spacial score (nSPS) is 32.8. The number of allylic oxidation sites excluding steroid dienone is 1. The number of hydrogen-bond acceptors (Lipinski definition) is 2. The number of hydrogen-bond donors (Lipinski definition) is 0. The maximum Gasteiger partial charge on any atom is 0.306 e. The van der Waals surface area contributed by atoms with Crippen LogP contribution < -0.4 is 0 Å². The molecule has 8 atom stereocenters. The lowest BCUT2D eigenvalue weighted by atomic mass is 9.47. The van der Waals surface area contributed by atoms with Crippen LogP contribution in [0.25, 0.3) is 0 Å². The second-order valence-electron chi connectivity index (χ2n) is 18.0. The molecule has 2 heteroatoms. The summed E-state index contributed by atoms with van der Waals surface area (Å²) in [5, 5.41) is 0. The van der Waals surface area contributed by atoms with Gasteiger partial charge in [0.2, 0.25) is 0 Å². The van der Waals surface area contributed by atoms with Crippen molar-refractivity contribution >= 4 is 5.97 Å². The highest BCUT2D eigenvalue weighted by Crippen LogP contribution is 2.67. The molecule has 0 bridgehead atoms. The minimum absolute atomic E-state index is 0.0646. The van der Waals surface area contributed by atoms with Crippen LogP contribution in [0.4, 0.5) is 0 Å². The Balaban J connectivity index is 1.14. The van der Waals surface area contributed by atoms with Gasteiger partial charge in [0.15, 0.2) is 0 Å². The van der Waals surface area contributed by atoms with Crippen LogP contribution in [0.2, 0.25) is 0 Å². The molecule has 46 heavy (non-hydrogen) atoms. The summed E-state index contributed by atoms with van der Waals surface area (Å²) in [6.07, 6.45) is 36.9. The first-order chi connectivity index (χ1) is 22.2. The van der Waals surface area contributed by atoms with Crippen molar-refractivity contribution in [2.24, 2.45) is 46.3 Å². The lowest BCUT2D eigenvalue weighted by Gasteiger charge is -2.58. The summed E-state index contributed by atoms with van der Waals surface area (Å²) in [5.41, 5.74) is 2.54. The van der Waals surface area contributed by atoms with Crippen molar-refractivity contribution in [3.05, 3.63) is 11.6 Å². The van der Waals surface area contributed by atoms with Crippen LogP contribution in [0.1, 0.15) is 208 Å². The molecule has 4 aliphatic rings. The molecule has 4 rings (SSSR count). The lowest BCUT2D eigenvalue weighted by Crippen LogP contribution is -2.51. The quantitative estimate of drug-likeness (QED) is 0.0710. The van der Waals surface area contributed by atoms with E-state index in [0.717, 1.165) is 54.8 Å². The Hall–Kier alpha value is -0.790. The van der Waals surface area contributed by atoms with Gasteiger partial charge in [-0.25, -0.2) is 0 Å². The summed E-state index contributed by atoms with van der Waals surface area (Å²) in [7, 11) is 0. The average molecular weight is 639 g/mol. The van der Waals surface area contributed by atoms with E-state index in [1.54, 1.807) is 5.57 Å². The number of carbonyl (C=O) groups excluding carboxylic acids is 1. The van der Waals surface area contributed by atoms with Crippen molar-refractivity contribution in [1.82, 2.24) is 0 Å². The number of esters is 1. The van der Waals surface area contributed by atoms with E-state index in [-0.39, 0.29) is 12.1 Å². The van der Waals surface area contributed by atoms with Crippen molar-refractivity contribution in [2.75, 3.05) is 0 Å². The molecule has 0 heterocycles. The van der Waals surface area contributed by atoms with Crippen LogP contribution in [0.15, 0.2) is 11.6 Å². The zero-order chi connectivity index (χ0) is 33.0. The van der Waals surface area contributed by atoms with Gasteiger partial charge in [-0.2, -0.15) is 0 Å². The van der Waals surface area contributed by atoms with E-state index in [1.807, 2.05) is 0 Å². The fraction of sp³-hybridized carbons (Fsp3) is 0.932. The maximum atomic E-state index is 12.8. The van der Waals surface area contributed by atoms with Crippen LogP contribution in [-0.4, -0.2) is 12.1 Å². The number of carbonyl (C=O) groups is 1. The Morgan fingerprint density at radius 2 is 1.39 bits per heavy atom. The van der Waals surface area contributed by atoms with Crippen molar-refractivity contribution in [1.29, 1.82) is 0 Å². The number of ether oxygens (including phenoxy) is 1. The van der Waals surface area contributed by atoms with E-state index in [1.165, 1.54) is 141 Å². The molecule has 0 aromatic rings. The van der Waals surface area contributed by atoms with E-state index in [4.69, 9.17) is 4.74 Å². The highest BCUT2D eigenvalue weighted by molar-refractivity contribution is 5.69. The Morgan fingerprint density at radius 3 is 2.04 bits per heavy atom. The molecule has 0 saturated heterocycles. The monoisotopic (exact) mass is 639 g/mol. The van der Waals surface area contributed by atoms with Crippen molar-refractivity contribution < 1.29 is 9.53 Å². The molecule has 2 nitrogen and oxygen atoms in total. The largest absolute Gasteiger partial charge is 0.462 e. The number of unbranched alkanes of at least 4 members (excludes halogenated alkanes) is 13. The van der Waals surface area contributed by atoms with Crippen LogP contribution >= 0.6 is 0 Å². The van der Waals surface area contributed by atoms with Crippen LogP contribution in [-0.2, 0) is 9.53 Å². The predicted octanol–water partition coefficient (Wildman–Crippen LogP) is 13.8. The van der Waals surface area contributed by atoms with Gasteiger partial charge in [-0.1, -0.05) is 156 Å². The molecule has 0 N–H and O–H groups in total. The van der Waals surface area contributed by atoms with Gasteiger partial charge in [-0.05, 0) is 97.7 Å². The van der Waals surface area contributed by atoms with Gasteiger partial charge < -0.3 is 4.74 Å². The smallest absolute Gasteiger partial charge is 0.306 e. The molecule has 4 aliphatic carbocycles.